The zero-order chi connectivity index (χ0) is 23.3. The van der Waals surface area contributed by atoms with Crippen LogP contribution in [-0.4, -0.2) is 49.5 Å². The van der Waals surface area contributed by atoms with E-state index >= 15 is 0 Å². The van der Waals surface area contributed by atoms with E-state index < -0.39 is 6.10 Å². The molecule has 0 radical (unpaired) electrons. The molecule has 0 fully saturated rings. The summed E-state index contributed by atoms with van der Waals surface area (Å²) in [7, 11) is 0. The highest BCUT2D eigenvalue weighted by molar-refractivity contribution is 5.75. The Morgan fingerprint density at radius 3 is 2.79 bits per heavy atom. The molecule has 2 atom stereocenters. The molecule has 33 heavy (non-hydrogen) atoms. The maximum Gasteiger partial charge on any atom is 0.223 e. The molecule has 6 nitrogen and oxygen atoms in total. The lowest BCUT2D eigenvalue weighted by Crippen LogP contribution is -2.39. The summed E-state index contributed by atoms with van der Waals surface area (Å²) in [6, 6.07) is 16.1. The van der Waals surface area contributed by atoms with Crippen LogP contribution in [0.2, 0.25) is 0 Å². The summed E-state index contributed by atoms with van der Waals surface area (Å²) < 4.78 is 11.5. The number of amides is 1. The Kier molecular flexibility index (Phi) is 10.5. The van der Waals surface area contributed by atoms with Crippen LogP contribution in [0.15, 0.2) is 48.5 Å². The Morgan fingerprint density at radius 2 is 1.97 bits per heavy atom. The van der Waals surface area contributed by atoms with Crippen molar-refractivity contribution in [2.75, 3.05) is 26.3 Å². The van der Waals surface area contributed by atoms with Crippen LogP contribution in [0.25, 0.3) is 0 Å². The van der Waals surface area contributed by atoms with E-state index in [4.69, 9.17) is 9.47 Å². The van der Waals surface area contributed by atoms with Crippen LogP contribution in [0.5, 0.6) is 11.5 Å². The Bertz CT molecular complexity index is 843. The van der Waals surface area contributed by atoms with Gasteiger partial charge in [0.2, 0.25) is 5.91 Å². The normalized spacial score (nSPS) is 16.4. The SMILES string of the molecule is CCCCNC(=O)CCOc1ccc2c(c1)CC(NC[C@H](O)COc1ccccc1)CCC2. The summed E-state index contributed by atoms with van der Waals surface area (Å²) >= 11 is 0. The lowest BCUT2D eigenvalue weighted by Gasteiger charge is -2.20. The van der Waals surface area contributed by atoms with Crippen molar-refractivity contribution in [3.8, 4) is 11.5 Å². The van der Waals surface area contributed by atoms with Gasteiger partial charge in [0, 0.05) is 19.1 Å². The van der Waals surface area contributed by atoms with Gasteiger partial charge in [-0.05, 0) is 67.5 Å². The molecule has 3 rings (SSSR count). The number of ether oxygens (including phenoxy) is 2. The molecule has 0 aliphatic heterocycles. The summed E-state index contributed by atoms with van der Waals surface area (Å²) in [6.07, 6.45) is 6.00. The van der Waals surface area contributed by atoms with Crippen molar-refractivity contribution in [2.24, 2.45) is 0 Å². The van der Waals surface area contributed by atoms with Gasteiger partial charge in [-0.1, -0.05) is 37.6 Å². The molecule has 2 aromatic carbocycles. The van der Waals surface area contributed by atoms with Crippen molar-refractivity contribution >= 4 is 5.91 Å². The van der Waals surface area contributed by atoms with E-state index in [1.807, 2.05) is 36.4 Å². The molecule has 0 heterocycles. The number of carbonyl (C=O) groups excluding carboxylic acids is 1. The van der Waals surface area contributed by atoms with Gasteiger partial charge in [0.15, 0.2) is 0 Å². The second kappa shape index (κ2) is 13.9. The van der Waals surface area contributed by atoms with Crippen LogP contribution >= 0.6 is 0 Å². The van der Waals surface area contributed by atoms with E-state index in [1.165, 1.54) is 11.1 Å². The van der Waals surface area contributed by atoms with Crippen LogP contribution in [0.3, 0.4) is 0 Å². The summed E-state index contributed by atoms with van der Waals surface area (Å²) in [4.78, 5) is 11.9. The fourth-order valence-corrected chi connectivity index (χ4v) is 4.03. The number of aliphatic hydroxyl groups is 1. The molecule has 180 valence electrons. The number of hydrogen-bond acceptors (Lipinski definition) is 5. The second-order valence-corrected chi connectivity index (χ2v) is 8.71. The topological polar surface area (TPSA) is 79.8 Å². The molecule has 0 spiro atoms. The fourth-order valence-electron chi connectivity index (χ4n) is 4.03. The van der Waals surface area contributed by atoms with Crippen molar-refractivity contribution < 1.29 is 19.4 Å². The monoisotopic (exact) mass is 454 g/mol. The van der Waals surface area contributed by atoms with Gasteiger partial charge < -0.3 is 25.2 Å². The number of hydrogen-bond donors (Lipinski definition) is 3. The zero-order valence-electron chi connectivity index (χ0n) is 19.7. The highest BCUT2D eigenvalue weighted by Crippen LogP contribution is 2.25. The minimum Gasteiger partial charge on any atom is -0.493 e. The molecule has 2 aromatic rings. The van der Waals surface area contributed by atoms with Gasteiger partial charge in [-0.15, -0.1) is 0 Å². The largest absolute Gasteiger partial charge is 0.493 e. The Morgan fingerprint density at radius 1 is 1.12 bits per heavy atom. The molecular formula is C27H38N2O4. The highest BCUT2D eigenvalue weighted by Gasteiger charge is 2.18. The molecule has 3 N–H and O–H groups in total. The first-order valence-corrected chi connectivity index (χ1v) is 12.2. The third-order valence-corrected chi connectivity index (χ3v) is 5.92. The number of carbonyl (C=O) groups is 1. The van der Waals surface area contributed by atoms with Gasteiger partial charge in [-0.2, -0.15) is 0 Å². The van der Waals surface area contributed by atoms with Crippen molar-refractivity contribution in [1.29, 1.82) is 0 Å². The molecule has 0 bridgehead atoms. The van der Waals surface area contributed by atoms with Crippen LogP contribution in [0.1, 0.15) is 50.2 Å². The van der Waals surface area contributed by atoms with Crippen molar-refractivity contribution in [1.82, 2.24) is 10.6 Å². The molecule has 1 aliphatic carbocycles. The summed E-state index contributed by atoms with van der Waals surface area (Å²) in [5.74, 6) is 1.62. The predicted octanol–water partition coefficient (Wildman–Crippen LogP) is 3.65. The predicted molar refractivity (Wildman–Crippen MR) is 131 cm³/mol. The molecule has 0 saturated carbocycles. The number of aliphatic hydroxyl groups excluding tert-OH is 1. The first-order chi connectivity index (χ1) is 16.1. The maximum absolute atomic E-state index is 11.9. The third-order valence-electron chi connectivity index (χ3n) is 5.92. The van der Waals surface area contributed by atoms with E-state index in [1.54, 1.807) is 0 Å². The number of para-hydroxylation sites is 1. The molecule has 6 heteroatoms. The van der Waals surface area contributed by atoms with Gasteiger partial charge in [0.05, 0.1) is 13.0 Å². The van der Waals surface area contributed by atoms with E-state index in [-0.39, 0.29) is 12.5 Å². The maximum atomic E-state index is 11.9. The average molecular weight is 455 g/mol. The van der Waals surface area contributed by atoms with Crippen molar-refractivity contribution in [3.05, 3.63) is 59.7 Å². The lowest BCUT2D eigenvalue weighted by molar-refractivity contribution is -0.121. The molecular weight excluding hydrogens is 416 g/mol. The lowest BCUT2D eigenvalue weighted by atomic mass is 10.0. The van der Waals surface area contributed by atoms with Crippen LogP contribution in [0, 0.1) is 0 Å². The summed E-state index contributed by atoms with van der Waals surface area (Å²) in [6.45, 7) is 3.98. The standard InChI is InChI=1S/C27H38N2O4/c1-2-3-15-28-27(31)14-16-32-26-13-12-21-8-7-9-23(17-22(21)18-26)29-19-24(30)20-33-25-10-5-4-6-11-25/h4-6,10-13,18,23-24,29-30H,2-3,7-9,14-17,19-20H2,1H3,(H,28,31)/t23?,24-/m0/s1. The average Bonchev–Trinajstić information content (AvgIpc) is 3.04. The van der Waals surface area contributed by atoms with E-state index in [2.05, 4.69) is 29.7 Å². The number of rotatable bonds is 13. The highest BCUT2D eigenvalue weighted by atomic mass is 16.5. The molecule has 0 saturated heterocycles. The van der Waals surface area contributed by atoms with Gasteiger partial charge in [-0.25, -0.2) is 0 Å². The van der Waals surface area contributed by atoms with Crippen molar-refractivity contribution in [3.63, 3.8) is 0 Å². The van der Waals surface area contributed by atoms with Crippen LogP contribution < -0.4 is 20.1 Å². The Hall–Kier alpha value is -2.57. The van der Waals surface area contributed by atoms with E-state index in [9.17, 15) is 9.90 Å². The van der Waals surface area contributed by atoms with Crippen LogP contribution in [0.4, 0.5) is 0 Å². The molecule has 0 aromatic heterocycles. The van der Waals surface area contributed by atoms with Crippen LogP contribution in [-0.2, 0) is 17.6 Å². The number of benzene rings is 2. The van der Waals surface area contributed by atoms with Gasteiger partial charge in [-0.3, -0.25) is 4.79 Å². The second-order valence-electron chi connectivity index (χ2n) is 8.71. The molecule has 1 unspecified atom stereocenters. The van der Waals surface area contributed by atoms with Gasteiger partial charge in [0.1, 0.15) is 24.2 Å². The third kappa shape index (κ3) is 9.06. The molecule has 1 aliphatic rings. The smallest absolute Gasteiger partial charge is 0.223 e. The quantitative estimate of drug-likeness (QED) is 0.318. The van der Waals surface area contributed by atoms with Crippen molar-refractivity contribution in [2.45, 2.75) is 64.0 Å². The number of aryl methyl sites for hydroxylation is 1. The molecule has 1 amide bonds. The minimum atomic E-state index is -0.564. The van der Waals surface area contributed by atoms with Gasteiger partial charge >= 0.3 is 0 Å². The van der Waals surface area contributed by atoms with E-state index in [0.717, 1.165) is 56.6 Å². The summed E-state index contributed by atoms with van der Waals surface area (Å²) in [5, 5.41) is 16.8. The fraction of sp³-hybridized carbons (Fsp3) is 0.519. The Balaban J connectivity index is 1.43. The minimum absolute atomic E-state index is 0.0391. The first kappa shape index (κ1) is 25.1. The zero-order valence-corrected chi connectivity index (χ0v) is 19.7. The number of unbranched alkanes of at least 4 members (excludes halogenated alkanes) is 1. The van der Waals surface area contributed by atoms with Gasteiger partial charge in [0.25, 0.3) is 0 Å². The summed E-state index contributed by atoms with van der Waals surface area (Å²) in [5.41, 5.74) is 2.64. The first-order valence-electron chi connectivity index (χ1n) is 12.2. The number of nitrogens with one attached hydrogen (secondary N) is 2. The number of fused-ring (bicyclic) bond motifs is 1. The van der Waals surface area contributed by atoms with E-state index in [0.29, 0.717) is 25.6 Å². The Labute approximate surface area is 197 Å².